The smallest absolute Gasteiger partial charge is 0.246 e. The van der Waals surface area contributed by atoms with Crippen LogP contribution in [0.2, 0.25) is 0 Å². The van der Waals surface area contributed by atoms with Gasteiger partial charge in [0.25, 0.3) is 0 Å². The Labute approximate surface area is 217 Å². The van der Waals surface area contributed by atoms with Crippen molar-refractivity contribution in [3.63, 3.8) is 0 Å². The van der Waals surface area contributed by atoms with Gasteiger partial charge in [-0.25, -0.2) is 4.98 Å². The summed E-state index contributed by atoms with van der Waals surface area (Å²) >= 11 is 1.59. The number of likely N-dealkylation sites (tertiary alicyclic amines) is 1. The number of benzene rings is 1. The number of thiazole rings is 1. The number of aryl methyl sites for hydroxylation is 1. The Hall–Kier alpha value is -2.78. The lowest BCUT2D eigenvalue weighted by molar-refractivity contribution is -0.144. The van der Waals surface area contributed by atoms with Crippen LogP contribution in [0.25, 0.3) is 10.4 Å². The van der Waals surface area contributed by atoms with Crippen molar-refractivity contribution >= 4 is 29.1 Å². The van der Waals surface area contributed by atoms with Gasteiger partial charge in [0.1, 0.15) is 12.1 Å². The van der Waals surface area contributed by atoms with Gasteiger partial charge in [0, 0.05) is 25.4 Å². The molecular weight excluding hydrogens is 476 g/mol. The Balaban J connectivity index is 1.68. The number of aliphatic hydroxyl groups excluding tert-OH is 1. The molecule has 4 atom stereocenters. The van der Waals surface area contributed by atoms with E-state index in [-0.39, 0.29) is 36.6 Å². The first-order chi connectivity index (χ1) is 16.9. The number of nitrogens with one attached hydrogen (secondary N) is 2. The Morgan fingerprint density at radius 1 is 1.22 bits per heavy atom. The van der Waals surface area contributed by atoms with Crippen molar-refractivity contribution in [1.82, 2.24) is 20.5 Å². The molecule has 2 heterocycles. The molecule has 9 heteroatoms. The Kier molecular flexibility index (Phi) is 8.89. The number of hydrogen-bond acceptors (Lipinski definition) is 6. The molecule has 0 saturated carbocycles. The second kappa shape index (κ2) is 11.5. The van der Waals surface area contributed by atoms with Gasteiger partial charge in [-0.05, 0) is 29.9 Å². The number of aromatic nitrogens is 1. The maximum Gasteiger partial charge on any atom is 0.246 e. The van der Waals surface area contributed by atoms with Gasteiger partial charge in [0.15, 0.2) is 0 Å². The van der Waals surface area contributed by atoms with Gasteiger partial charge < -0.3 is 20.6 Å². The summed E-state index contributed by atoms with van der Waals surface area (Å²) in [5.41, 5.74) is 4.25. The van der Waals surface area contributed by atoms with Crippen molar-refractivity contribution in [1.29, 1.82) is 0 Å². The van der Waals surface area contributed by atoms with Crippen molar-refractivity contribution in [3.05, 3.63) is 41.0 Å². The molecular formula is C27H38N4O4S. The largest absolute Gasteiger partial charge is 0.391 e. The van der Waals surface area contributed by atoms with Crippen LogP contribution in [-0.4, -0.2) is 57.4 Å². The Bertz CT molecular complexity index is 1080. The number of nitrogens with zero attached hydrogens (tertiary/aromatic N) is 2. The minimum atomic E-state index is -0.803. The molecule has 1 aliphatic heterocycles. The van der Waals surface area contributed by atoms with Crippen molar-refractivity contribution in [2.45, 2.75) is 79.1 Å². The Morgan fingerprint density at radius 3 is 2.44 bits per heavy atom. The maximum absolute atomic E-state index is 13.6. The summed E-state index contributed by atoms with van der Waals surface area (Å²) < 4.78 is 0. The lowest BCUT2D eigenvalue weighted by Gasteiger charge is -2.35. The average molecular weight is 515 g/mol. The monoisotopic (exact) mass is 514 g/mol. The Morgan fingerprint density at radius 2 is 1.89 bits per heavy atom. The number of carbonyl (C=O) groups excluding carboxylic acids is 3. The lowest BCUT2D eigenvalue weighted by atomic mass is 9.85. The molecule has 3 amide bonds. The third-order valence-corrected chi connectivity index (χ3v) is 7.73. The van der Waals surface area contributed by atoms with Gasteiger partial charge in [-0.1, -0.05) is 58.9 Å². The third-order valence-electron chi connectivity index (χ3n) is 6.75. The highest BCUT2D eigenvalue weighted by Gasteiger charge is 2.44. The topological polar surface area (TPSA) is 112 Å². The van der Waals surface area contributed by atoms with Crippen LogP contribution < -0.4 is 10.6 Å². The van der Waals surface area contributed by atoms with Crippen LogP contribution >= 0.6 is 11.3 Å². The normalized spacial score (nSPS) is 19.6. The van der Waals surface area contributed by atoms with Crippen molar-refractivity contribution in [3.8, 4) is 10.4 Å². The van der Waals surface area contributed by atoms with Crippen LogP contribution in [0.4, 0.5) is 0 Å². The molecule has 1 saturated heterocycles. The van der Waals surface area contributed by atoms with Gasteiger partial charge in [-0.3, -0.25) is 14.4 Å². The zero-order valence-electron chi connectivity index (χ0n) is 22.0. The summed E-state index contributed by atoms with van der Waals surface area (Å²) in [6, 6.07) is 6.33. The number of β-amino-alcohol motifs (C(OH)–C–C–N with tert-alkyl or cyclic N) is 1. The van der Waals surface area contributed by atoms with Crippen LogP contribution in [0.5, 0.6) is 0 Å². The van der Waals surface area contributed by atoms with Gasteiger partial charge in [-0.15, -0.1) is 11.3 Å². The molecule has 1 aromatic heterocycles. The van der Waals surface area contributed by atoms with Crippen LogP contribution in [-0.2, 0) is 20.9 Å². The predicted molar refractivity (Wildman–Crippen MR) is 141 cm³/mol. The number of rotatable bonds is 8. The predicted octanol–water partition coefficient (Wildman–Crippen LogP) is 3.27. The molecule has 0 bridgehead atoms. The fraction of sp³-hybridized carbons (Fsp3) is 0.556. The quantitative estimate of drug-likeness (QED) is 0.501. The summed E-state index contributed by atoms with van der Waals surface area (Å²) in [5.74, 6) is -1.08. The van der Waals surface area contributed by atoms with E-state index in [1.807, 2.05) is 71.3 Å². The van der Waals surface area contributed by atoms with Crippen LogP contribution in [0.1, 0.15) is 58.7 Å². The number of aliphatic hydroxyl groups is 1. The highest BCUT2D eigenvalue weighted by Crippen LogP contribution is 2.28. The molecule has 196 valence electrons. The first kappa shape index (κ1) is 27.8. The van der Waals surface area contributed by atoms with E-state index in [1.54, 1.807) is 11.3 Å². The molecule has 0 unspecified atom stereocenters. The highest BCUT2D eigenvalue weighted by molar-refractivity contribution is 7.13. The van der Waals surface area contributed by atoms with E-state index >= 15 is 0 Å². The van der Waals surface area contributed by atoms with E-state index in [1.165, 1.54) is 4.90 Å². The fourth-order valence-corrected chi connectivity index (χ4v) is 5.06. The van der Waals surface area contributed by atoms with E-state index in [2.05, 4.69) is 15.6 Å². The minimum absolute atomic E-state index is 0.0611. The molecule has 2 aromatic rings. The molecule has 3 N–H and O–H groups in total. The summed E-state index contributed by atoms with van der Waals surface area (Å²) in [6.07, 6.45) is 0.0319. The first-order valence-electron chi connectivity index (χ1n) is 12.5. The molecule has 1 aromatic carbocycles. The zero-order chi connectivity index (χ0) is 26.6. The van der Waals surface area contributed by atoms with Crippen LogP contribution in [0, 0.1) is 18.3 Å². The SMILES string of the molecule is CC[C@H](C)C(=O)N[C@H](C(=O)N1C[C@H](O)C[C@H]1C(=O)NCc1ccc(-c2scnc2C)cc1)C(C)(C)C. The molecule has 36 heavy (non-hydrogen) atoms. The van der Waals surface area contributed by atoms with Crippen LogP contribution in [0.15, 0.2) is 29.8 Å². The highest BCUT2D eigenvalue weighted by atomic mass is 32.1. The van der Waals surface area contributed by atoms with E-state index in [0.29, 0.717) is 13.0 Å². The molecule has 0 aliphatic carbocycles. The summed E-state index contributed by atoms with van der Waals surface area (Å²) in [4.78, 5) is 46.1. The summed E-state index contributed by atoms with van der Waals surface area (Å²) in [7, 11) is 0. The standard InChI is InChI=1S/C27H38N4O4S/c1-7-16(2)24(33)30-23(27(4,5)6)26(35)31-14-20(32)12-21(31)25(34)28-13-18-8-10-19(11-9-18)22-17(3)29-15-36-22/h8-11,15-16,20-21,23,32H,7,12-14H2,1-6H3,(H,28,34)(H,30,33)/t16-,20+,21-,23+/m0/s1. The fourth-order valence-electron chi connectivity index (χ4n) is 4.25. The molecule has 1 aliphatic rings. The van der Waals surface area contributed by atoms with E-state index in [0.717, 1.165) is 21.7 Å². The van der Waals surface area contributed by atoms with Crippen molar-refractivity contribution in [2.24, 2.45) is 11.3 Å². The second-order valence-corrected chi connectivity index (χ2v) is 11.5. The number of amides is 3. The zero-order valence-corrected chi connectivity index (χ0v) is 22.8. The van der Waals surface area contributed by atoms with Crippen molar-refractivity contribution in [2.75, 3.05) is 6.54 Å². The molecule has 8 nitrogen and oxygen atoms in total. The summed E-state index contributed by atoms with van der Waals surface area (Å²) in [6.45, 7) is 11.7. The van der Waals surface area contributed by atoms with Crippen LogP contribution in [0.3, 0.4) is 0 Å². The minimum Gasteiger partial charge on any atom is -0.391 e. The van der Waals surface area contributed by atoms with Gasteiger partial charge >= 0.3 is 0 Å². The molecule has 0 spiro atoms. The molecule has 3 rings (SSSR count). The van der Waals surface area contributed by atoms with Gasteiger partial charge in [0.2, 0.25) is 17.7 Å². The second-order valence-electron chi connectivity index (χ2n) is 10.7. The number of carbonyl (C=O) groups is 3. The van der Waals surface area contributed by atoms with E-state index < -0.39 is 23.6 Å². The third kappa shape index (κ3) is 6.50. The van der Waals surface area contributed by atoms with E-state index in [9.17, 15) is 19.5 Å². The molecule has 0 radical (unpaired) electrons. The maximum atomic E-state index is 13.6. The van der Waals surface area contributed by atoms with E-state index in [4.69, 9.17) is 0 Å². The average Bonchev–Trinajstić information content (AvgIpc) is 3.44. The molecule has 1 fully saturated rings. The first-order valence-corrected chi connectivity index (χ1v) is 13.4. The summed E-state index contributed by atoms with van der Waals surface area (Å²) in [5, 5.41) is 16.1. The van der Waals surface area contributed by atoms with Gasteiger partial charge in [0.05, 0.1) is 22.2 Å². The number of hydrogen-bond donors (Lipinski definition) is 3. The van der Waals surface area contributed by atoms with Gasteiger partial charge in [-0.2, -0.15) is 0 Å². The van der Waals surface area contributed by atoms with Crippen molar-refractivity contribution < 1.29 is 19.5 Å². The lowest BCUT2D eigenvalue weighted by Crippen LogP contribution is -2.58.